The van der Waals surface area contributed by atoms with Gasteiger partial charge in [-0.3, -0.25) is 5.01 Å². The highest BCUT2D eigenvalue weighted by atomic mass is 32.2. The summed E-state index contributed by atoms with van der Waals surface area (Å²) in [5, 5.41) is 6.80. The van der Waals surface area contributed by atoms with E-state index in [2.05, 4.69) is 6.08 Å². The van der Waals surface area contributed by atoms with Crippen molar-refractivity contribution in [3.8, 4) is 5.75 Å². The van der Waals surface area contributed by atoms with Crippen LogP contribution in [0.3, 0.4) is 0 Å². The fourth-order valence-electron chi connectivity index (χ4n) is 3.62. The van der Waals surface area contributed by atoms with Crippen molar-refractivity contribution in [3.05, 3.63) is 84.1 Å². The van der Waals surface area contributed by atoms with E-state index in [-0.39, 0.29) is 12.0 Å². The Morgan fingerprint density at radius 2 is 1.75 bits per heavy atom. The third-order valence-electron chi connectivity index (χ3n) is 4.95. The summed E-state index contributed by atoms with van der Waals surface area (Å²) >= 11 is 0. The highest BCUT2D eigenvalue weighted by Gasteiger charge is 2.37. The molecule has 2 unspecified atom stereocenters. The number of rotatable bonds is 5. The minimum Gasteiger partial charge on any atom is -0.494 e. The van der Waals surface area contributed by atoms with Crippen LogP contribution in [0.15, 0.2) is 83.0 Å². The summed E-state index contributed by atoms with van der Waals surface area (Å²) in [5.41, 5.74) is 3.01. The molecular formula is C22H22N2O3S. The molecule has 2 aromatic carbocycles. The van der Waals surface area contributed by atoms with Crippen molar-refractivity contribution < 1.29 is 13.2 Å². The first kappa shape index (κ1) is 18.5. The van der Waals surface area contributed by atoms with E-state index in [0.717, 1.165) is 22.6 Å². The molecule has 2 heterocycles. The molecule has 0 spiro atoms. The molecule has 2 aliphatic rings. The smallest absolute Gasteiger partial charge is 0.175 e. The number of hydrogen-bond donors (Lipinski definition) is 0. The van der Waals surface area contributed by atoms with E-state index in [9.17, 15) is 8.42 Å². The molecule has 0 saturated carbocycles. The molecule has 2 aromatic rings. The van der Waals surface area contributed by atoms with Crippen LogP contribution in [0.5, 0.6) is 5.75 Å². The van der Waals surface area contributed by atoms with Crippen LogP contribution in [0.2, 0.25) is 0 Å². The number of hydrazone groups is 1. The molecule has 0 saturated heterocycles. The van der Waals surface area contributed by atoms with Crippen LogP contribution in [0, 0.1) is 0 Å². The molecule has 0 aliphatic carbocycles. The van der Waals surface area contributed by atoms with Gasteiger partial charge in [0.25, 0.3) is 0 Å². The topological polar surface area (TPSA) is 59.0 Å². The molecule has 0 radical (unpaired) electrons. The highest BCUT2D eigenvalue weighted by Crippen LogP contribution is 2.37. The summed E-state index contributed by atoms with van der Waals surface area (Å²) in [6.07, 6.45) is 9.30. The summed E-state index contributed by atoms with van der Waals surface area (Å²) in [4.78, 5) is 0.324. The van der Waals surface area contributed by atoms with Crippen molar-refractivity contribution >= 4 is 15.5 Å². The van der Waals surface area contributed by atoms with Crippen LogP contribution in [0.25, 0.3) is 0 Å². The van der Waals surface area contributed by atoms with E-state index in [0.29, 0.717) is 11.5 Å². The second-order valence-electron chi connectivity index (χ2n) is 6.86. The Balaban J connectivity index is 1.73. The Bertz CT molecular complexity index is 1050. The average Bonchev–Trinajstić information content (AvgIpc) is 3.08. The monoisotopic (exact) mass is 394 g/mol. The average molecular weight is 394 g/mol. The predicted molar refractivity (Wildman–Crippen MR) is 110 cm³/mol. The van der Waals surface area contributed by atoms with Crippen molar-refractivity contribution in [1.82, 2.24) is 5.01 Å². The summed E-state index contributed by atoms with van der Waals surface area (Å²) < 4.78 is 29.1. The quantitative estimate of drug-likeness (QED) is 0.775. The van der Waals surface area contributed by atoms with Crippen LogP contribution in [-0.4, -0.2) is 38.0 Å². The van der Waals surface area contributed by atoms with Crippen LogP contribution in [0.4, 0.5) is 0 Å². The first-order valence-electron chi connectivity index (χ1n) is 9.22. The zero-order valence-corrected chi connectivity index (χ0v) is 16.6. The third-order valence-corrected chi connectivity index (χ3v) is 6.08. The van der Waals surface area contributed by atoms with Gasteiger partial charge >= 0.3 is 0 Å². The van der Waals surface area contributed by atoms with Gasteiger partial charge in [0.1, 0.15) is 5.75 Å². The van der Waals surface area contributed by atoms with Crippen LogP contribution in [0.1, 0.15) is 24.0 Å². The Morgan fingerprint density at radius 3 is 2.39 bits per heavy atom. The van der Waals surface area contributed by atoms with E-state index in [1.807, 2.05) is 66.7 Å². The minimum absolute atomic E-state index is 0.00718. The van der Waals surface area contributed by atoms with Gasteiger partial charge in [0.2, 0.25) is 0 Å². The van der Waals surface area contributed by atoms with E-state index in [1.165, 1.54) is 6.26 Å². The van der Waals surface area contributed by atoms with Gasteiger partial charge in [0.15, 0.2) is 9.84 Å². The van der Waals surface area contributed by atoms with E-state index >= 15 is 0 Å². The molecule has 28 heavy (non-hydrogen) atoms. The zero-order valence-electron chi connectivity index (χ0n) is 15.8. The number of hydrogen-bond acceptors (Lipinski definition) is 5. The second kappa shape index (κ2) is 7.28. The maximum Gasteiger partial charge on any atom is 0.175 e. The van der Waals surface area contributed by atoms with Crippen LogP contribution < -0.4 is 4.74 Å². The lowest BCUT2D eigenvalue weighted by Crippen LogP contribution is -2.28. The van der Waals surface area contributed by atoms with Crippen LogP contribution in [-0.2, 0) is 9.84 Å². The highest BCUT2D eigenvalue weighted by molar-refractivity contribution is 7.90. The summed E-state index contributed by atoms with van der Waals surface area (Å²) in [7, 11) is -3.22. The lowest BCUT2D eigenvalue weighted by Gasteiger charge is -2.25. The Kier molecular flexibility index (Phi) is 4.81. The summed E-state index contributed by atoms with van der Waals surface area (Å²) in [5.74, 6) is 0.837. The fourth-order valence-corrected chi connectivity index (χ4v) is 4.25. The molecule has 4 rings (SSSR count). The van der Waals surface area contributed by atoms with Gasteiger partial charge in [-0.15, -0.1) is 0 Å². The van der Waals surface area contributed by atoms with Crippen molar-refractivity contribution in [2.24, 2.45) is 5.10 Å². The maximum atomic E-state index is 11.8. The third kappa shape index (κ3) is 3.47. The van der Waals surface area contributed by atoms with Gasteiger partial charge in [0, 0.05) is 12.5 Å². The SMILES string of the molecule is CCOc1ccc(C2=NN3C=CC=CC3C2c2ccc(S(C)(=O)=O)cc2)cc1. The first-order valence-corrected chi connectivity index (χ1v) is 11.1. The zero-order chi connectivity index (χ0) is 19.7. The summed E-state index contributed by atoms with van der Waals surface area (Å²) in [6, 6.07) is 15.1. The molecule has 6 heteroatoms. The second-order valence-corrected chi connectivity index (χ2v) is 8.87. The van der Waals surface area contributed by atoms with Gasteiger partial charge in [-0.2, -0.15) is 5.10 Å². The molecule has 0 aromatic heterocycles. The molecule has 0 amide bonds. The van der Waals surface area contributed by atoms with Crippen molar-refractivity contribution in [3.63, 3.8) is 0 Å². The molecule has 0 fully saturated rings. The Hall–Kier alpha value is -2.86. The normalized spacial score (nSPS) is 20.8. The van der Waals surface area contributed by atoms with Gasteiger partial charge in [-0.05, 0) is 60.5 Å². The van der Waals surface area contributed by atoms with Gasteiger partial charge < -0.3 is 4.74 Å². The van der Waals surface area contributed by atoms with E-state index < -0.39 is 9.84 Å². The van der Waals surface area contributed by atoms with Crippen molar-refractivity contribution in [2.45, 2.75) is 23.8 Å². The first-order chi connectivity index (χ1) is 13.5. The van der Waals surface area contributed by atoms with Crippen molar-refractivity contribution in [1.29, 1.82) is 0 Å². The van der Waals surface area contributed by atoms with E-state index in [4.69, 9.17) is 9.84 Å². The van der Waals surface area contributed by atoms with E-state index in [1.54, 1.807) is 12.1 Å². The largest absolute Gasteiger partial charge is 0.494 e. The standard InChI is InChI=1S/C22H22N2O3S/c1-3-27-18-11-7-17(8-12-18)22-21(20-6-4-5-15-24(20)23-22)16-9-13-19(14-10-16)28(2,25)26/h4-15,20-21H,3H2,1-2H3. The lowest BCUT2D eigenvalue weighted by molar-refractivity contribution is 0.340. The Labute approximate surface area is 165 Å². The molecule has 144 valence electrons. The van der Waals surface area contributed by atoms with Gasteiger partial charge in [-0.1, -0.05) is 24.3 Å². The number of nitrogens with zero attached hydrogens (tertiary/aromatic N) is 2. The molecule has 0 bridgehead atoms. The number of ether oxygens (including phenoxy) is 1. The predicted octanol–water partition coefficient (Wildman–Crippen LogP) is 3.74. The molecule has 2 aliphatic heterocycles. The number of allylic oxidation sites excluding steroid dienone is 2. The molecule has 5 nitrogen and oxygen atoms in total. The maximum absolute atomic E-state index is 11.8. The van der Waals surface area contributed by atoms with Crippen molar-refractivity contribution in [2.75, 3.05) is 12.9 Å². The summed E-state index contributed by atoms with van der Waals surface area (Å²) in [6.45, 7) is 2.59. The van der Waals surface area contributed by atoms with Gasteiger partial charge in [-0.25, -0.2) is 8.42 Å². The molecular weight excluding hydrogens is 372 g/mol. The van der Waals surface area contributed by atoms with Gasteiger partial charge in [0.05, 0.1) is 29.2 Å². The molecule has 2 atom stereocenters. The fraction of sp³-hybridized carbons (Fsp3) is 0.227. The lowest BCUT2D eigenvalue weighted by atomic mass is 9.84. The Morgan fingerprint density at radius 1 is 1.04 bits per heavy atom. The van der Waals surface area contributed by atoms with Crippen LogP contribution >= 0.6 is 0 Å². The number of fused-ring (bicyclic) bond motifs is 1. The molecule has 0 N–H and O–H groups in total. The number of benzene rings is 2. The minimum atomic E-state index is -3.22. The number of sulfone groups is 1.